The molecule has 1 atom stereocenters. The second-order valence-electron chi connectivity index (χ2n) is 9.47. The Hall–Kier alpha value is -3.33. The number of benzene rings is 1. The number of hydrogen-bond acceptors (Lipinski definition) is 5. The van der Waals surface area contributed by atoms with Gasteiger partial charge in [-0.15, -0.1) is 0 Å². The van der Waals surface area contributed by atoms with Gasteiger partial charge in [0.1, 0.15) is 23.1 Å². The molecule has 1 fully saturated rings. The van der Waals surface area contributed by atoms with E-state index in [0.29, 0.717) is 29.3 Å². The number of hydrogen-bond donors (Lipinski definition) is 1. The quantitative estimate of drug-likeness (QED) is 0.620. The number of nitrogens with one attached hydrogen (secondary N) is 1. The number of amides is 1. The number of aromatic nitrogens is 3. The molecular weight excluding hydrogens is 438 g/mol. The summed E-state index contributed by atoms with van der Waals surface area (Å²) in [5.41, 5.74) is 2.48. The summed E-state index contributed by atoms with van der Waals surface area (Å²) in [5.74, 6) is -0.534. The highest BCUT2D eigenvalue weighted by atomic mass is 19.1. The molecule has 1 N–H and O–H groups in total. The van der Waals surface area contributed by atoms with Crippen LogP contribution >= 0.6 is 0 Å². The van der Waals surface area contributed by atoms with Gasteiger partial charge in [-0.2, -0.15) is 5.10 Å². The number of nitrogens with zero attached hydrogens (tertiary/aromatic N) is 5. The van der Waals surface area contributed by atoms with Crippen molar-refractivity contribution in [1.82, 2.24) is 20.1 Å². The van der Waals surface area contributed by atoms with Crippen LogP contribution in [0.3, 0.4) is 0 Å². The summed E-state index contributed by atoms with van der Waals surface area (Å²) in [6.45, 7) is 7.79. The number of fused-ring (bicyclic) bond motifs is 1. The van der Waals surface area contributed by atoms with Crippen molar-refractivity contribution in [2.45, 2.75) is 26.3 Å². The SMILES string of the molecule is CC(C)Cc1n[nH]c2c1C(c1ccc(F)cc1F)N(c1ccc(N3CCN(C)CC3)nc1)C2=O. The number of carbonyl (C=O) groups excluding carboxylic acids is 1. The second kappa shape index (κ2) is 8.79. The van der Waals surface area contributed by atoms with E-state index < -0.39 is 17.7 Å². The molecule has 3 aromatic rings. The molecule has 2 aliphatic rings. The van der Waals surface area contributed by atoms with Crippen molar-refractivity contribution in [3.63, 3.8) is 0 Å². The van der Waals surface area contributed by atoms with E-state index in [4.69, 9.17) is 0 Å². The first-order valence-electron chi connectivity index (χ1n) is 11.6. The van der Waals surface area contributed by atoms with E-state index in [-0.39, 0.29) is 11.5 Å². The van der Waals surface area contributed by atoms with Gasteiger partial charge in [0.25, 0.3) is 5.91 Å². The van der Waals surface area contributed by atoms with Crippen LogP contribution in [-0.2, 0) is 6.42 Å². The Kier molecular flexibility index (Phi) is 5.81. The molecule has 1 saturated heterocycles. The molecule has 1 amide bonds. The highest BCUT2D eigenvalue weighted by Gasteiger charge is 2.44. The summed E-state index contributed by atoms with van der Waals surface area (Å²) < 4.78 is 28.7. The van der Waals surface area contributed by atoms with Crippen molar-refractivity contribution in [1.29, 1.82) is 0 Å². The number of anilines is 2. The number of rotatable bonds is 5. The van der Waals surface area contributed by atoms with E-state index in [0.717, 1.165) is 43.8 Å². The van der Waals surface area contributed by atoms with Crippen LogP contribution in [0.1, 0.15) is 47.2 Å². The highest BCUT2D eigenvalue weighted by molar-refractivity contribution is 6.10. The zero-order valence-corrected chi connectivity index (χ0v) is 19.6. The van der Waals surface area contributed by atoms with Crippen molar-refractivity contribution in [3.05, 3.63) is 70.7 Å². The number of piperazine rings is 1. The fourth-order valence-electron chi connectivity index (χ4n) is 4.78. The monoisotopic (exact) mass is 466 g/mol. The van der Waals surface area contributed by atoms with Crippen LogP contribution in [-0.4, -0.2) is 59.2 Å². The Morgan fingerprint density at radius 1 is 1.12 bits per heavy atom. The van der Waals surface area contributed by atoms with Gasteiger partial charge in [0.2, 0.25) is 0 Å². The fraction of sp³-hybridized carbons (Fsp3) is 0.400. The predicted octanol–water partition coefficient (Wildman–Crippen LogP) is 3.78. The van der Waals surface area contributed by atoms with Crippen LogP contribution in [0.25, 0.3) is 0 Å². The molecule has 1 aromatic carbocycles. The summed E-state index contributed by atoms with van der Waals surface area (Å²) in [4.78, 5) is 24.1. The number of H-pyrrole nitrogens is 1. The topological polar surface area (TPSA) is 68.4 Å². The minimum atomic E-state index is -0.758. The molecule has 0 bridgehead atoms. The Morgan fingerprint density at radius 2 is 1.88 bits per heavy atom. The Labute approximate surface area is 197 Å². The van der Waals surface area contributed by atoms with Gasteiger partial charge in [-0.3, -0.25) is 14.8 Å². The summed E-state index contributed by atoms with van der Waals surface area (Å²) >= 11 is 0. The van der Waals surface area contributed by atoms with Gasteiger partial charge in [0.15, 0.2) is 0 Å². The molecule has 1 unspecified atom stereocenters. The second-order valence-corrected chi connectivity index (χ2v) is 9.47. The minimum absolute atomic E-state index is 0.225. The lowest BCUT2D eigenvalue weighted by molar-refractivity contribution is 0.0988. The molecule has 9 heteroatoms. The molecule has 2 aliphatic heterocycles. The van der Waals surface area contributed by atoms with Gasteiger partial charge < -0.3 is 9.80 Å². The summed E-state index contributed by atoms with van der Waals surface area (Å²) in [7, 11) is 2.10. The van der Waals surface area contributed by atoms with Crippen molar-refractivity contribution in [2.75, 3.05) is 43.0 Å². The Morgan fingerprint density at radius 3 is 2.53 bits per heavy atom. The van der Waals surface area contributed by atoms with Gasteiger partial charge in [-0.05, 0) is 37.6 Å². The molecule has 0 aliphatic carbocycles. The smallest absolute Gasteiger partial charge is 0.277 e. The van der Waals surface area contributed by atoms with Crippen LogP contribution in [0.5, 0.6) is 0 Å². The van der Waals surface area contributed by atoms with Crippen LogP contribution in [0.4, 0.5) is 20.3 Å². The number of halogens is 2. The highest BCUT2D eigenvalue weighted by Crippen LogP contribution is 2.43. The molecule has 178 valence electrons. The lowest BCUT2D eigenvalue weighted by Gasteiger charge is -2.33. The van der Waals surface area contributed by atoms with Crippen LogP contribution in [0.15, 0.2) is 36.5 Å². The van der Waals surface area contributed by atoms with Gasteiger partial charge in [-0.25, -0.2) is 13.8 Å². The Balaban J connectivity index is 1.55. The average molecular weight is 467 g/mol. The zero-order chi connectivity index (χ0) is 24.0. The Bertz CT molecular complexity index is 1200. The van der Waals surface area contributed by atoms with E-state index in [9.17, 15) is 9.18 Å². The molecular formula is C25H28F2N6O. The summed E-state index contributed by atoms with van der Waals surface area (Å²) in [6, 6.07) is 6.46. The number of aromatic amines is 1. The molecule has 4 heterocycles. The molecule has 7 nitrogen and oxygen atoms in total. The van der Waals surface area contributed by atoms with Gasteiger partial charge in [0, 0.05) is 43.4 Å². The van der Waals surface area contributed by atoms with E-state index in [1.165, 1.54) is 17.0 Å². The normalized spacial score (nSPS) is 18.8. The molecule has 0 radical (unpaired) electrons. The van der Waals surface area contributed by atoms with Gasteiger partial charge in [-0.1, -0.05) is 19.9 Å². The first-order valence-corrected chi connectivity index (χ1v) is 11.6. The molecule has 0 spiro atoms. The van der Waals surface area contributed by atoms with E-state index in [1.807, 2.05) is 12.1 Å². The van der Waals surface area contributed by atoms with Crippen molar-refractivity contribution >= 4 is 17.4 Å². The third kappa shape index (κ3) is 3.94. The summed E-state index contributed by atoms with van der Waals surface area (Å²) in [5, 5.41) is 7.23. The van der Waals surface area contributed by atoms with Gasteiger partial charge >= 0.3 is 0 Å². The van der Waals surface area contributed by atoms with Crippen molar-refractivity contribution < 1.29 is 13.6 Å². The largest absolute Gasteiger partial charge is 0.354 e. The first-order chi connectivity index (χ1) is 16.3. The van der Waals surface area contributed by atoms with Crippen LogP contribution in [0.2, 0.25) is 0 Å². The predicted molar refractivity (Wildman–Crippen MR) is 126 cm³/mol. The number of pyridine rings is 1. The van der Waals surface area contributed by atoms with Crippen molar-refractivity contribution in [3.8, 4) is 0 Å². The van der Waals surface area contributed by atoms with E-state index >= 15 is 4.39 Å². The third-order valence-corrected chi connectivity index (χ3v) is 6.54. The summed E-state index contributed by atoms with van der Waals surface area (Å²) in [6.07, 6.45) is 2.29. The maximum Gasteiger partial charge on any atom is 0.277 e. The van der Waals surface area contributed by atoms with Crippen LogP contribution < -0.4 is 9.80 Å². The minimum Gasteiger partial charge on any atom is -0.354 e. The molecule has 5 rings (SSSR count). The van der Waals surface area contributed by atoms with Crippen LogP contribution in [0, 0.1) is 17.6 Å². The average Bonchev–Trinajstić information content (AvgIpc) is 3.33. The maximum absolute atomic E-state index is 15.0. The third-order valence-electron chi connectivity index (χ3n) is 6.54. The number of likely N-dealkylation sites (N-methyl/N-ethyl adjacent to an activating group) is 1. The zero-order valence-electron chi connectivity index (χ0n) is 19.6. The molecule has 34 heavy (non-hydrogen) atoms. The molecule has 0 saturated carbocycles. The van der Waals surface area contributed by atoms with E-state index in [2.05, 4.69) is 45.9 Å². The number of carbonyl (C=O) groups is 1. The lowest BCUT2D eigenvalue weighted by atomic mass is 9.95. The van der Waals surface area contributed by atoms with E-state index in [1.54, 1.807) is 6.20 Å². The fourth-order valence-corrected chi connectivity index (χ4v) is 4.78. The molecule has 2 aromatic heterocycles. The van der Waals surface area contributed by atoms with Gasteiger partial charge in [0.05, 0.1) is 23.6 Å². The lowest BCUT2D eigenvalue weighted by Crippen LogP contribution is -2.44. The standard InChI is InChI=1S/C25H28F2N6O/c1-15(2)12-20-22-23(30-29-20)25(34)33(24(22)18-6-4-16(26)13-19(18)27)17-5-7-21(28-14-17)32-10-8-31(3)9-11-32/h4-7,13-15,24H,8-12H2,1-3H3,(H,29,30). The maximum atomic E-state index is 15.0. The van der Waals surface area contributed by atoms with Crippen molar-refractivity contribution in [2.24, 2.45) is 5.92 Å². The first kappa shape index (κ1) is 22.5.